The van der Waals surface area contributed by atoms with E-state index in [1.165, 1.54) is 17.0 Å². The fourth-order valence-electron chi connectivity index (χ4n) is 13.6. The lowest BCUT2D eigenvalue weighted by Crippen LogP contribution is -2.53. The van der Waals surface area contributed by atoms with Crippen LogP contribution in [0.2, 0.25) is 44.8 Å². The van der Waals surface area contributed by atoms with Crippen molar-refractivity contribution >= 4 is 42.9 Å². The lowest BCUT2D eigenvalue weighted by Gasteiger charge is -2.62. The van der Waals surface area contributed by atoms with Crippen molar-refractivity contribution in [1.82, 2.24) is 9.97 Å². The predicted molar refractivity (Wildman–Crippen MR) is 219 cm³/mol. The van der Waals surface area contributed by atoms with Crippen LogP contribution in [0.25, 0.3) is 0 Å². The zero-order valence-corrected chi connectivity index (χ0v) is 35.1. The monoisotopic (exact) mass is 724 g/mol. The maximum Gasteiger partial charge on any atom is 0.0732 e. The van der Waals surface area contributed by atoms with E-state index in [4.69, 9.17) is 9.97 Å². The summed E-state index contributed by atoms with van der Waals surface area (Å²) in [6.07, 6.45) is 25.4. The van der Waals surface area contributed by atoms with Gasteiger partial charge in [-0.2, -0.15) is 0 Å². The molecule has 0 N–H and O–H groups in total. The molecule has 0 aliphatic heterocycles. The van der Waals surface area contributed by atoms with Gasteiger partial charge in [-0.15, -0.1) is 0 Å². The largest absolute Gasteiger partial charge is 0.256 e. The van der Waals surface area contributed by atoms with Crippen LogP contribution in [-0.4, -0.2) is 49.8 Å². The summed E-state index contributed by atoms with van der Waals surface area (Å²) in [5.41, 5.74) is 9.01. The number of pyridine rings is 2. The topological polar surface area (TPSA) is 25.8 Å². The highest BCUT2D eigenvalue weighted by molar-refractivity contribution is 7.72. The minimum absolute atomic E-state index is 0.0454. The van der Waals surface area contributed by atoms with Crippen LogP contribution < -0.4 is 10.9 Å². The van der Waals surface area contributed by atoms with E-state index in [0.29, 0.717) is 5.54 Å². The molecule has 1 atom stereocenters. The Morgan fingerprint density at radius 3 is 1.41 bits per heavy atom. The molecule has 0 aromatic carbocycles. The van der Waals surface area contributed by atoms with Crippen molar-refractivity contribution < 1.29 is 0 Å². The Bertz CT molecular complexity index is 1450. The van der Waals surface area contributed by atoms with Gasteiger partial charge in [-0.25, -0.2) is 0 Å². The summed E-state index contributed by atoms with van der Waals surface area (Å²) in [6.45, 7) is 16.1. The van der Waals surface area contributed by atoms with Crippen molar-refractivity contribution in [3.05, 3.63) is 71.2 Å². The number of allylic oxidation sites excluding steroid dienone is 4. The van der Waals surface area contributed by atoms with Crippen LogP contribution in [0.15, 0.2) is 71.2 Å². The summed E-state index contributed by atoms with van der Waals surface area (Å²) in [5, 5.41) is 2.00. The van der Waals surface area contributed by atoms with Gasteiger partial charge in [0.15, 0.2) is 0 Å². The third-order valence-electron chi connectivity index (χ3n) is 14.8. The van der Waals surface area contributed by atoms with E-state index in [0.717, 1.165) is 64.8 Å². The molecule has 0 spiro atoms. The first-order chi connectivity index (χ1) is 23.5. The van der Waals surface area contributed by atoms with Crippen LogP contribution >= 0.6 is 15.8 Å². The number of nitrogens with zero attached hydrogens (tertiary/aromatic N) is 2. The molecule has 2 aromatic rings. The zero-order valence-electron chi connectivity index (χ0n) is 31.3. The Morgan fingerprint density at radius 1 is 0.592 bits per heavy atom. The molecule has 49 heavy (non-hydrogen) atoms. The van der Waals surface area contributed by atoms with Gasteiger partial charge in [0, 0.05) is 26.5 Å². The van der Waals surface area contributed by atoms with Crippen LogP contribution in [-0.2, 0) is 0 Å². The molecule has 9 aliphatic carbocycles. The zero-order chi connectivity index (χ0) is 33.7. The van der Waals surface area contributed by atoms with Gasteiger partial charge < -0.3 is 0 Å². The Kier molecular flexibility index (Phi) is 8.91. The maximum absolute atomic E-state index is 5.03. The fourth-order valence-corrected chi connectivity index (χ4v) is 27.1. The van der Waals surface area contributed by atoms with E-state index in [1.807, 2.05) is 23.2 Å². The van der Waals surface area contributed by atoms with Crippen molar-refractivity contribution in [3.63, 3.8) is 0 Å². The van der Waals surface area contributed by atoms with Crippen molar-refractivity contribution in [2.75, 3.05) is 12.3 Å². The molecular formula is C43H62N2P2Si2. The highest BCUT2D eigenvalue weighted by Gasteiger charge is 2.57. The lowest BCUT2D eigenvalue weighted by atomic mass is 9.55. The van der Waals surface area contributed by atoms with Gasteiger partial charge in [0.2, 0.25) is 0 Å². The van der Waals surface area contributed by atoms with E-state index >= 15 is 0 Å². The van der Waals surface area contributed by atoms with Gasteiger partial charge >= 0.3 is 0 Å². The van der Waals surface area contributed by atoms with Crippen molar-refractivity contribution in [1.29, 1.82) is 0 Å². The summed E-state index contributed by atoms with van der Waals surface area (Å²) in [4.78, 5) is 10.1. The molecule has 1 unspecified atom stereocenters. The second-order valence-corrected chi connectivity index (χ2v) is 35.2. The Hall–Kier alpha value is -0.926. The molecule has 0 radical (unpaired) electrons. The summed E-state index contributed by atoms with van der Waals surface area (Å²) >= 11 is 0. The lowest BCUT2D eigenvalue weighted by molar-refractivity contribution is 0.0131. The first-order valence-electron chi connectivity index (χ1n) is 20.3. The molecule has 9 aliphatic rings. The van der Waals surface area contributed by atoms with Crippen LogP contribution in [0.4, 0.5) is 0 Å². The van der Waals surface area contributed by atoms with Crippen LogP contribution in [0.5, 0.6) is 0 Å². The maximum atomic E-state index is 5.03. The molecular weight excluding hydrogens is 663 g/mol. The number of hydrogen-bond donors (Lipinski definition) is 0. The second-order valence-electron chi connectivity index (χ2n) is 20.2. The van der Waals surface area contributed by atoms with Crippen LogP contribution in [0.1, 0.15) is 64.2 Å². The molecule has 2 heterocycles. The second kappa shape index (κ2) is 12.9. The SMILES string of the molecule is C[Si](C)(C)C1=C(CP(C2C3CC4CC(C3)CC2C4)C2C3CC4CC(C3)CC2C4)C(CP(c2ccccn2)c2ccccn2)=CC1[Si](C)(C)C. The normalized spacial score (nSPS) is 38.5. The Labute approximate surface area is 302 Å². The average Bonchev–Trinajstić information content (AvgIpc) is 3.42. The van der Waals surface area contributed by atoms with Crippen LogP contribution in [0.3, 0.4) is 0 Å². The Morgan fingerprint density at radius 2 is 1.04 bits per heavy atom. The van der Waals surface area contributed by atoms with E-state index in [9.17, 15) is 0 Å². The van der Waals surface area contributed by atoms with Crippen molar-refractivity contribution in [2.45, 2.75) is 120 Å². The third kappa shape index (κ3) is 6.31. The first kappa shape index (κ1) is 33.9. The summed E-state index contributed by atoms with van der Waals surface area (Å²) in [5.74, 6) is 8.50. The molecule has 8 fully saturated rings. The molecule has 8 saturated carbocycles. The number of aromatic nitrogens is 2. The van der Waals surface area contributed by atoms with E-state index in [-0.39, 0.29) is 7.92 Å². The van der Waals surface area contributed by atoms with Crippen molar-refractivity contribution in [2.24, 2.45) is 47.3 Å². The van der Waals surface area contributed by atoms with E-state index < -0.39 is 24.1 Å². The van der Waals surface area contributed by atoms with Gasteiger partial charge in [0.1, 0.15) is 0 Å². The average molecular weight is 725 g/mol. The minimum atomic E-state index is -1.59. The molecule has 0 amide bonds. The van der Waals surface area contributed by atoms with Gasteiger partial charge in [-0.1, -0.05) is 70.6 Å². The van der Waals surface area contributed by atoms with Crippen LogP contribution in [0, 0.1) is 47.3 Å². The molecule has 6 heteroatoms. The van der Waals surface area contributed by atoms with E-state index in [2.05, 4.69) is 81.8 Å². The molecule has 11 rings (SSSR count). The molecule has 0 saturated heterocycles. The minimum Gasteiger partial charge on any atom is -0.256 e. The highest BCUT2D eigenvalue weighted by Crippen LogP contribution is 2.72. The van der Waals surface area contributed by atoms with Gasteiger partial charge in [0.25, 0.3) is 0 Å². The first-order valence-corrected chi connectivity index (χ1v) is 30.6. The highest BCUT2D eigenvalue weighted by atomic mass is 31.1. The number of hydrogen-bond acceptors (Lipinski definition) is 2. The summed E-state index contributed by atoms with van der Waals surface area (Å²) < 4.78 is 0. The number of rotatable bonds is 10. The standard InChI is InChI=1S/C43H62N2P2Si2/c1-48(2,3)38-25-36(26-46(39-11-7-9-13-44-39)40-12-8-10-14-45-40)37(43(38)49(4,5)6)27-47(41-32-17-28-15-29(19-32)20-33(41)18-28)42-34-21-30-16-31(23-34)24-35(42)22-30/h7-14,25,28-35,38,41-42H,15-24,26-27H2,1-6H3. The quantitative estimate of drug-likeness (QED) is 0.180. The third-order valence-corrected chi connectivity index (χ3v) is 25.8. The van der Waals surface area contributed by atoms with E-state index in [1.54, 1.807) is 69.8 Å². The molecule has 262 valence electrons. The summed E-state index contributed by atoms with van der Waals surface area (Å²) in [6, 6.07) is 13.2. The molecule has 2 nitrogen and oxygen atoms in total. The predicted octanol–water partition coefficient (Wildman–Crippen LogP) is 10.9. The van der Waals surface area contributed by atoms with Crippen molar-refractivity contribution in [3.8, 4) is 0 Å². The Balaban J connectivity index is 1.16. The fraction of sp³-hybridized carbons (Fsp3) is 0.674. The summed E-state index contributed by atoms with van der Waals surface area (Å²) in [7, 11) is -3.79. The van der Waals surface area contributed by atoms with Gasteiger partial charge in [-0.3, -0.25) is 9.97 Å². The molecule has 8 bridgehead atoms. The smallest absolute Gasteiger partial charge is 0.0732 e. The van der Waals surface area contributed by atoms with Gasteiger partial charge in [0.05, 0.1) is 27.0 Å². The van der Waals surface area contributed by atoms with Gasteiger partial charge in [-0.05, 0) is 170 Å². The molecule has 2 aromatic heterocycles.